The maximum absolute atomic E-state index is 15.2. The van der Waals surface area contributed by atoms with Gasteiger partial charge in [0.15, 0.2) is 0 Å². The van der Waals surface area contributed by atoms with E-state index in [1.165, 1.54) is 18.5 Å². The van der Waals surface area contributed by atoms with Crippen molar-refractivity contribution >= 4 is 23.3 Å². The lowest BCUT2D eigenvalue weighted by atomic mass is 9.90. The molecule has 208 valence electrons. The molecular formula is C24H27ClF5N5O3. The monoisotopic (exact) mass is 563 g/mol. The molecule has 1 saturated carbocycles. The first-order valence-corrected chi connectivity index (χ1v) is 12.4. The second kappa shape index (κ2) is 13.1. The lowest BCUT2D eigenvalue weighted by Gasteiger charge is -2.21. The number of carbonyl (C=O) groups is 1. The average Bonchev–Trinajstić information content (AvgIpc) is 3.13. The van der Waals surface area contributed by atoms with Crippen molar-refractivity contribution in [1.29, 1.82) is 0 Å². The smallest absolute Gasteiger partial charge is 0.490 e. The number of ether oxygens (including phenoxy) is 1. The van der Waals surface area contributed by atoms with E-state index in [1.54, 1.807) is 4.52 Å². The minimum absolute atomic E-state index is 0.0280. The first kappa shape index (κ1) is 29.5. The van der Waals surface area contributed by atoms with Gasteiger partial charge in [-0.1, -0.05) is 37.3 Å². The fourth-order valence-electron chi connectivity index (χ4n) is 4.31. The second-order valence-corrected chi connectivity index (χ2v) is 9.05. The molecule has 0 saturated heterocycles. The number of hydrogen-bond acceptors (Lipinski definition) is 6. The number of aromatic nitrogens is 4. The van der Waals surface area contributed by atoms with Gasteiger partial charge in [0.25, 0.3) is 5.78 Å². The molecule has 8 nitrogen and oxygen atoms in total. The fourth-order valence-corrected chi connectivity index (χ4v) is 4.58. The molecule has 0 spiro atoms. The van der Waals surface area contributed by atoms with Crippen LogP contribution in [0.3, 0.4) is 0 Å². The van der Waals surface area contributed by atoms with E-state index in [9.17, 15) is 13.2 Å². The summed E-state index contributed by atoms with van der Waals surface area (Å²) in [5.74, 6) is -3.68. The molecule has 0 aliphatic heterocycles. The average molecular weight is 564 g/mol. The van der Waals surface area contributed by atoms with Gasteiger partial charge >= 0.3 is 12.1 Å². The Morgan fingerprint density at radius 3 is 2.32 bits per heavy atom. The molecule has 2 aromatic heterocycles. The molecule has 1 aliphatic rings. The number of rotatable bonds is 7. The molecular weight excluding hydrogens is 537 g/mol. The van der Waals surface area contributed by atoms with Crippen molar-refractivity contribution in [3.8, 4) is 16.9 Å². The minimum Gasteiger partial charge on any atom is -0.493 e. The highest BCUT2D eigenvalue weighted by atomic mass is 35.5. The van der Waals surface area contributed by atoms with Gasteiger partial charge in [0.2, 0.25) is 0 Å². The van der Waals surface area contributed by atoms with Gasteiger partial charge in [0.1, 0.15) is 28.9 Å². The predicted molar refractivity (Wildman–Crippen MR) is 129 cm³/mol. The highest BCUT2D eigenvalue weighted by molar-refractivity contribution is 6.32. The van der Waals surface area contributed by atoms with Crippen LogP contribution in [0.2, 0.25) is 5.15 Å². The summed E-state index contributed by atoms with van der Waals surface area (Å²) in [7, 11) is 1.84. The zero-order valence-corrected chi connectivity index (χ0v) is 21.2. The molecule has 3 aromatic rings. The van der Waals surface area contributed by atoms with Crippen molar-refractivity contribution in [3.05, 3.63) is 40.9 Å². The topological polar surface area (TPSA) is 102 Å². The number of hydrogen-bond donors (Lipinski definition) is 2. The molecule has 2 heterocycles. The molecule has 0 bridgehead atoms. The van der Waals surface area contributed by atoms with Crippen molar-refractivity contribution in [2.45, 2.75) is 57.0 Å². The van der Waals surface area contributed by atoms with Gasteiger partial charge in [-0.2, -0.15) is 28.2 Å². The number of alkyl halides is 3. The molecule has 0 amide bonds. The Morgan fingerprint density at radius 2 is 1.76 bits per heavy atom. The second-order valence-electron chi connectivity index (χ2n) is 8.69. The highest BCUT2D eigenvalue weighted by Crippen LogP contribution is 2.42. The lowest BCUT2D eigenvalue weighted by Crippen LogP contribution is -2.21. The van der Waals surface area contributed by atoms with E-state index in [0.717, 1.165) is 51.5 Å². The number of nitrogens with zero attached hydrogens (tertiary/aromatic N) is 4. The Bertz CT molecular complexity index is 1220. The third-order valence-electron chi connectivity index (χ3n) is 6.01. The van der Waals surface area contributed by atoms with Gasteiger partial charge in [-0.15, -0.1) is 0 Å². The molecule has 4 rings (SSSR count). The molecule has 0 radical (unpaired) electrons. The number of carboxylic acids is 1. The van der Waals surface area contributed by atoms with Crippen molar-refractivity contribution in [1.82, 2.24) is 24.9 Å². The Balaban J connectivity index is 0.000000505. The van der Waals surface area contributed by atoms with Crippen molar-refractivity contribution < 1.29 is 36.6 Å². The molecule has 1 aromatic carbocycles. The number of fused-ring (bicyclic) bond motifs is 1. The Morgan fingerprint density at radius 1 is 1.16 bits per heavy atom. The largest absolute Gasteiger partial charge is 0.493 e. The van der Waals surface area contributed by atoms with E-state index in [1.807, 2.05) is 7.05 Å². The molecule has 0 atom stereocenters. The third-order valence-corrected chi connectivity index (χ3v) is 6.28. The number of halogens is 6. The van der Waals surface area contributed by atoms with Gasteiger partial charge in [-0.05, 0) is 32.9 Å². The van der Waals surface area contributed by atoms with Crippen LogP contribution in [0.1, 0.15) is 56.6 Å². The summed E-state index contributed by atoms with van der Waals surface area (Å²) in [6.07, 6.45) is 3.22. The van der Waals surface area contributed by atoms with Gasteiger partial charge in [0, 0.05) is 23.6 Å². The fraction of sp³-hybridized carbons (Fsp3) is 0.500. The first-order chi connectivity index (χ1) is 18.0. The molecule has 1 fully saturated rings. The summed E-state index contributed by atoms with van der Waals surface area (Å²) < 4.78 is 69.3. The normalized spacial score (nSPS) is 14.6. The molecule has 1 aliphatic carbocycles. The van der Waals surface area contributed by atoms with Gasteiger partial charge in [0.05, 0.1) is 17.9 Å². The van der Waals surface area contributed by atoms with E-state index in [0.29, 0.717) is 18.1 Å². The summed E-state index contributed by atoms with van der Waals surface area (Å²) in [6, 6.07) is 2.41. The van der Waals surface area contributed by atoms with E-state index in [-0.39, 0.29) is 27.9 Å². The molecule has 2 N–H and O–H groups in total. The number of nitrogens with one attached hydrogen (secondary N) is 1. The summed E-state index contributed by atoms with van der Waals surface area (Å²) >= 11 is 6.50. The molecule has 0 unspecified atom stereocenters. The van der Waals surface area contributed by atoms with Crippen LogP contribution < -0.4 is 10.1 Å². The van der Waals surface area contributed by atoms with Crippen LogP contribution in [-0.4, -0.2) is 57.0 Å². The van der Waals surface area contributed by atoms with Crippen LogP contribution in [0, 0.1) is 11.6 Å². The number of carboxylic acid groups (broad SMARTS) is 1. The number of aliphatic carboxylic acids is 1. The van der Waals surface area contributed by atoms with E-state index in [2.05, 4.69) is 20.4 Å². The minimum atomic E-state index is -5.08. The van der Waals surface area contributed by atoms with Crippen LogP contribution >= 0.6 is 11.6 Å². The zero-order chi connectivity index (χ0) is 27.9. The zero-order valence-electron chi connectivity index (χ0n) is 20.5. The Hall–Kier alpha value is -3.06. The summed E-state index contributed by atoms with van der Waals surface area (Å²) in [6.45, 7) is 1.12. The summed E-state index contributed by atoms with van der Waals surface area (Å²) in [5, 5.41) is 14.5. The van der Waals surface area contributed by atoms with Crippen LogP contribution in [0.25, 0.3) is 16.9 Å². The standard InChI is InChI=1S/C22H26ClF2N5O.C2HF3O2/c1-26-9-6-10-31-15-11-16(24)18(17(25)12-15)19-20(14-7-4-2-3-5-8-14)30-22(27-13-28-30)29-21(19)23;3-2(4,5)1(6)7/h11-14,26H,2-10H2,1H3;(H,6,7). The Labute approximate surface area is 220 Å². The lowest BCUT2D eigenvalue weighted by molar-refractivity contribution is -0.192. The van der Waals surface area contributed by atoms with Crippen molar-refractivity contribution in [2.24, 2.45) is 0 Å². The van der Waals surface area contributed by atoms with Gasteiger partial charge in [-0.25, -0.2) is 18.1 Å². The van der Waals surface area contributed by atoms with Gasteiger partial charge < -0.3 is 15.2 Å². The van der Waals surface area contributed by atoms with Crippen molar-refractivity contribution in [2.75, 3.05) is 20.2 Å². The van der Waals surface area contributed by atoms with Crippen LogP contribution in [0.15, 0.2) is 18.5 Å². The molecule has 38 heavy (non-hydrogen) atoms. The summed E-state index contributed by atoms with van der Waals surface area (Å²) in [4.78, 5) is 17.3. The highest BCUT2D eigenvalue weighted by Gasteiger charge is 2.38. The SMILES string of the molecule is CNCCCOc1cc(F)c(-c2c(Cl)nc3ncnn3c2C2CCCCCC2)c(F)c1.O=C(O)C(F)(F)F. The first-order valence-electron chi connectivity index (χ1n) is 12.0. The van der Waals surface area contributed by atoms with E-state index < -0.39 is 23.8 Å². The van der Waals surface area contributed by atoms with E-state index >= 15 is 8.78 Å². The van der Waals surface area contributed by atoms with Crippen LogP contribution in [0.4, 0.5) is 22.0 Å². The third kappa shape index (κ3) is 7.28. The van der Waals surface area contributed by atoms with E-state index in [4.69, 9.17) is 26.2 Å². The maximum Gasteiger partial charge on any atom is 0.490 e. The van der Waals surface area contributed by atoms with Crippen LogP contribution in [-0.2, 0) is 4.79 Å². The van der Waals surface area contributed by atoms with Gasteiger partial charge in [-0.3, -0.25) is 0 Å². The predicted octanol–water partition coefficient (Wildman–Crippen LogP) is 5.78. The quantitative estimate of drug-likeness (QED) is 0.163. The maximum atomic E-state index is 15.2. The Kier molecular flexibility index (Phi) is 10.2. The molecule has 14 heteroatoms. The number of benzene rings is 1. The summed E-state index contributed by atoms with van der Waals surface area (Å²) in [5.41, 5.74) is 0.731. The van der Waals surface area contributed by atoms with Crippen LogP contribution in [0.5, 0.6) is 5.75 Å². The van der Waals surface area contributed by atoms with Crippen molar-refractivity contribution in [3.63, 3.8) is 0 Å².